The number of amides is 1. The van der Waals surface area contributed by atoms with Crippen LogP contribution in [0.5, 0.6) is 0 Å². The van der Waals surface area contributed by atoms with Gasteiger partial charge in [-0.05, 0) is 44.2 Å². The van der Waals surface area contributed by atoms with Gasteiger partial charge in [0.25, 0.3) is 0 Å². The van der Waals surface area contributed by atoms with Crippen molar-refractivity contribution in [1.29, 1.82) is 0 Å². The lowest BCUT2D eigenvalue weighted by atomic mass is 9.95. The van der Waals surface area contributed by atoms with Gasteiger partial charge in [0, 0.05) is 39.1 Å². The maximum Gasteiger partial charge on any atom is 0.225 e. The Bertz CT molecular complexity index is 748. The molecule has 0 unspecified atom stereocenters. The highest BCUT2D eigenvalue weighted by atomic mass is 16.3. The summed E-state index contributed by atoms with van der Waals surface area (Å²) >= 11 is 0. The van der Waals surface area contributed by atoms with E-state index in [9.17, 15) is 4.79 Å². The first-order valence-electron chi connectivity index (χ1n) is 10.3. The first kappa shape index (κ1) is 18.8. The summed E-state index contributed by atoms with van der Waals surface area (Å²) in [6.45, 7) is 4.35. The summed E-state index contributed by atoms with van der Waals surface area (Å²) in [6.07, 6.45) is 11.0. The molecule has 7 nitrogen and oxygen atoms in total. The first-order valence-corrected chi connectivity index (χ1v) is 10.3. The van der Waals surface area contributed by atoms with Gasteiger partial charge in [0.2, 0.25) is 11.9 Å². The first-order chi connectivity index (χ1) is 13.7. The lowest BCUT2D eigenvalue weighted by molar-refractivity contribution is -0.135. The summed E-state index contributed by atoms with van der Waals surface area (Å²) in [5.41, 5.74) is 1.05. The summed E-state index contributed by atoms with van der Waals surface area (Å²) < 4.78 is 5.35. The predicted octanol–water partition coefficient (Wildman–Crippen LogP) is 2.93. The van der Waals surface area contributed by atoms with E-state index in [0.717, 1.165) is 56.4 Å². The molecule has 0 aromatic carbocycles. The standard InChI is InChI=1S/C21H29N5O2/c1-24(16-19-6-5-13-28-19)20(27)17-7-11-25(12-8-17)18-14-22-21(23-15-18)26-9-3-2-4-10-26/h5-6,13-15,17H,2-4,7-12,16H2,1H3. The van der Waals surface area contributed by atoms with Crippen LogP contribution in [0.15, 0.2) is 35.2 Å². The molecule has 2 aromatic rings. The molecule has 7 heteroatoms. The van der Waals surface area contributed by atoms with E-state index >= 15 is 0 Å². The number of anilines is 2. The molecule has 0 aliphatic carbocycles. The molecule has 2 aromatic heterocycles. The molecule has 4 heterocycles. The smallest absolute Gasteiger partial charge is 0.225 e. The van der Waals surface area contributed by atoms with E-state index in [-0.39, 0.29) is 11.8 Å². The van der Waals surface area contributed by atoms with Gasteiger partial charge >= 0.3 is 0 Å². The Morgan fingerprint density at radius 2 is 1.82 bits per heavy atom. The Balaban J connectivity index is 1.29. The Labute approximate surface area is 166 Å². The highest BCUT2D eigenvalue weighted by Gasteiger charge is 2.28. The minimum absolute atomic E-state index is 0.0738. The Morgan fingerprint density at radius 3 is 2.46 bits per heavy atom. The van der Waals surface area contributed by atoms with Gasteiger partial charge in [0.05, 0.1) is 30.9 Å². The molecule has 2 aliphatic rings. The second-order valence-corrected chi connectivity index (χ2v) is 7.82. The number of aromatic nitrogens is 2. The van der Waals surface area contributed by atoms with Crippen LogP contribution in [0.1, 0.15) is 37.9 Å². The molecule has 0 atom stereocenters. The number of rotatable bonds is 5. The number of hydrogen-bond donors (Lipinski definition) is 0. The molecule has 0 N–H and O–H groups in total. The van der Waals surface area contributed by atoms with E-state index in [1.165, 1.54) is 19.3 Å². The normalized spacial score (nSPS) is 18.3. The summed E-state index contributed by atoms with van der Waals surface area (Å²) in [5, 5.41) is 0. The van der Waals surface area contributed by atoms with Crippen LogP contribution in [-0.2, 0) is 11.3 Å². The van der Waals surface area contributed by atoms with Crippen molar-refractivity contribution in [3.05, 3.63) is 36.5 Å². The third kappa shape index (κ3) is 4.29. The average molecular weight is 383 g/mol. The highest BCUT2D eigenvalue weighted by molar-refractivity contribution is 5.78. The molecule has 4 rings (SSSR count). The minimum atomic E-state index is 0.0738. The molecule has 2 saturated heterocycles. The van der Waals surface area contributed by atoms with Crippen LogP contribution in [0, 0.1) is 5.92 Å². The van der Waals surface area contributed by atoms with Crippen LogP contribution in [0.3, 0.4) is 0 Å². The second-order valence-electron chi connectivity index (χ2n) is 7.82. The zero-order chi connectivity index (χ0) is 19.3. The quantitative estimate of drug-likeness (QED) is 0.791. The van der Waals surface area contributed by atoms with Crippen molar-refractivity contribution in [2.24, 2.45) is 5.92 Å². The lowest BCUT2D eigenvalue weighted by Gasteiger charge is -2.34. The van der Waals surface area contributed by atoms with Crippen molar-refractivity contribution in [2.75, 3.05) is 43.0 Å². The molecule has 0 saturated carbocycles. The number of carbonyl (C=O) groups excluding carboxylic acids is 1. The van der Waals surface area contributed by atoms with Crippen LogP contribution < -0.4 is 9.80 Å². The van der Waals surface area contributed by atoms with Crippen LogP contribution in [0.4, 0.5) is 11.6 Å². The SMILES string of the molecule is CN(Cc1ccco1)C(=O)C1CCN(c2cnc(N3CCCCC3)nc2)CC1. The van der Waals surface area contributed by atoms with E-state index < -0.39 is 0 Å². The largest absolute Gasteiger partial charge is 0.467 e. The molecule has 0 spiro atoms. The Morgan fingerprint density at radius 1 is 1.11 bits per heavy atom. The molecule has 2 aliphatic heterocycles. The van der Waals surface area contributed by atoms with Gasteiger partial charge in [-0.15, -0.1) is 0 Å². The van der Waals surface area contributed by atoms with Crippen LogP contribution in [0.25, 0.3) is 0 Å². The minimum Gasteiger partial charge on any atom is -0.467 e. The highest BCUT2D eigenvalue weighted by Crippen LogP contribution is 2.25. The van der Waals surface area contributed by atoms with E-state index in [0.29, 0.717) is 6.54 Å². The molecule has 28 heavy (non-hydrogen) atoms. The molecule has 0 bridgehead atoms. The fourth-order valence-corrected chi connectivity index (χ4v) is 4.15. The Kier molecular flexibility index (Phi) is 5.78. The van der Waals surface area contributed by atoms with Crippen molar-refractivity contribution in [3.63, 3.8) is 0 Å². The van der Waals surface area contributed by atoms with E-state index in [1.54, 1.807) is 11.2 Å². The predicted molar refractivity (Wildman–Crippen MR) is 108 cm³/mol. The van der Waals surface area contributed by atoms with Crippen molar-refractivity contribution in [2.45, 2.75) is 38.6 Å². The monoisotopic (exact) mass is 383 g/mol. The van der Waals surface area contributed by atoms with Gasteiger partial charge in [-0.25, -0.2) is 9.97 Å². The molecular formula is C21H29N5O2. The van der Waals surface area contributed by atoms with Gasteiger partial charge < -0.3 is 19.1 Å². The topological polar surface area (TPSA) is 65.7 Å². The number of carbonyl (C=O) groups is 1. The van der Waals surface area contributed by atoms with Crippen LogP contribution in [0.2, 0.25) is 0 Å². The molecule has 1 amide bonds. The van der Waals surface area contributed by atoms with Crippen molar-refractivity contribution in [1.82, 2.24) is 14.9 Å². The third-order valence-corrected chi connectivity index (χ3v) is 5.82. The fourth-order valence-electron chi connectivity index (χ4n) is 4.15. The van der Waals surface area contributed by atoms with Crippen molar-refractivity contribution >= 4 is 17.5 Å². The third-order valence-electron chi connectivity index (χ3n) is 5.82. The molecule has 150 valence electrons. The summed E-state index contributed by atoms with van der Waals surface area (Å²) in [7, 11) is 1.85. The number of hydrogen-bond acceptors (Lipinski definition) is 6. The van der Waals surface area contributed by atoms with Gasteiger partial charge in [-0.2, -0.15) is 0 Å². The number of furan rings is 1. The fraction of sp³-hybridized carbons (Fsp3) is 0.571. The summed E-state index contributed by atoms with van der Waals surface area (Å²) in [5.74, 6) is 1.93. The maximum absolute atomic E-state index is 12.7. The van der Waals surface area contributed by atoms with Gasteiger partial charge in [0.1, 0.15) is 5.76 Å². The van der Waals surface area contributed by atoms with E-state index in [4.69, 9.17) is 4.42 Å². The average Bonchev–Trinajstić information content (AvgIpc) is 3.27. The maximum atomic E-state index is 12.7. The van der Waals surface area contributed by atoms with Crippen LogP contribution in [-0.4, -0.2) is 54.0 Å². The summed E-state index contributed by atoms with van der Waals surface area (Å²) in [6, 6.07) is 3.75. The molecule has 2 fully saturated rings. The molecular weight excluding hydrogens is 354 g/mol. The Hall–Kier alpha value is -2.57. The second kappa shape index (κ2) is 8.63. The van der Waals surface area contributed by atoms with Gasteiger partial charge in [0.15, 0.2) is 0 Å². The molecule has 0 radical (unpaired) electrons. The zero-order valence-corrected chi connectivity index (χ0v) is 16.6. The van der Waals surface area contributed by atoms with Crippen molar-refractivity contribution < 1.29 is 9.21 Å². The summed E-state index contributed by atoms with van der Waals surface area (Å²) in [4.78, 5) is 28.2. The number of nitrogens with zero attached hydrogens (tertiary/aromatic N) is 5. The van der Waals surface area contributed by atoms with Crippen molar-refractivity contribution in [3.8, 4) is 0 Å². The van der Waals surface area contributed by atoms with Gasteiger partial charge in [-0.1, -0.05) is 0 Å². The van der Waals surface area contributed by atoms with Crippen LogP contribution >= 0.6 is 0 Å². The zero-order valence-electron chi connectivity index (χ0n) is 16.6. The lowest BCUT2D eigenvalue weighted by Crippen LogP contribution is -2.41. The number of piperidine rings is 2. The van der Waals surface area contributed by atoms with Gasteiger partial charge in [-0.3, -0.25) is 4.79 Å². The van der Waals surface area contributed by atoms with E-state index in [2.05, 4.69) is 19.8 Å². The van der Waals surface area contributed by atoms with E-state index in [1.807, 2.05) is 31.6 Å².